The normalized spacial score (nSPS) is 12.3. The van der Waals surface area contributed by atoms with E-state index in [1.165, 1.54) is 6.07 Å². The first kappa shape index (κ1) is 16.4. The minimum Gasteiger partial charge on any atom is -0.454 e. The van der Waals surface area contributed by atoms with Crippen LogP contribution in [0.5, 0.6) is 11.5 Å². The monoisotopic (exact) mass is 419 g/mol. The molecule has 0 saturated heterocycles. The molecule has 0 bridgehead atoms. The summed E-state index contributed by atoms with van der Waals surface area (Å²) in [5.74, 6) is -1.72. The van der Waals surface area contributed by atoms with E-state index in [1.807, 2.05) is 19.1 Å². The van der Waals surface area contributed by atoms with Crippen LogP contribution in [0.3, 0.4) is 0 Å². The minimum atomic E-state index is -1.02. The number of ether oxygens (including phenoxy) is 1. The Bertz CT molecular complexity index is 662. The summed E-state index contributed by atoms with van der Waals surface area (Å²) >= 11 is 6.45. The quantitative estimate of drug-likeness (QED) is 0.692. The van der Waals surface area contributed by atoms with Crippen LogP contribution in [-0.2, 0) is 6.42 Å². The Kier molecular flexibility index (Phi) is 5.35. The largest absolute Gasteiger partial charge is 0.454 e. The molecule has 2 rings (SSSR count). The van der Waals surface area contributed by atoms with Gasteiger partial charge >= 0.3 is 0 Å². The van der Waals surface area contributed by atoms with Crippen LogP contribution in [-0.4, -0.2) is 6.04 Å². The third-order valence-electron chi connectivity index (χ3n) is 2.75. The third kappa shape index (κ3) is 4.25. The molecule has 2 aromatic carbocycles. The Morgan fingerprint density at radius 2 is 1.76 bits per heavy atom. The van der Waals surface area contributed by atoms with E-state index < -0.39 is 11.6 Å². The average Bonchev–Trinajstić information content (AvgIpc) is 2.38. The van der Waals surface area contributed by atoms with Crippen molar-refractivity contribution in [2.45, 2.75) is 19.4 Å². The van der Waals surface area contributed by atoms with Crippen molar-refractivity contribution in [2.24, 2.45) is 5.73 Å². The topological polar surface area (TPSA) is 35.2 Å². The van der Waals surface area contributed by atoms with Crippen LogP contribution in [0.2, 0.25) is 0 Å². The van der Waals surface area contributed by atoms with Gasteiger partial charge in [-0.05, 0) is 43.2 Å². The average molecular weight is 421 g/mol. The molecule has 2 aromatic rings. The summed E-state index contributed by atoms with van der Waals surface area (Å²) in [6, 6.07) is 7.76. The lowest BCUT2D eigenvalue weighted by Crippen LogP contribution is -2.18. The Morgan fingerprint density at radius 3 is 2.43 bits per heavy atom. The fourth-order valence-corrected chi connectivity index (χ4v) is 2.61. The second kappa shape index (κ2) is 6.85. The number of nitrogens with two attached hydrogens (primary N) is 1. The van der Waals surface area contributed by atoms with Crippen LogP contribution < -0.4 is 10.5 Å². The summed E-state index contributed by atoms with van der Waals surface area (Å²) in [5, 5.41) is 0. The Morgan fingerprint density at radius 1 is 1.10 bits per heavy atom. The van der Waals surface area contributed by atoms with Crippen molar-refractivity contribution in [1.29, 1.82) is 0 Å². The van der Waals surface area contributed by atoms with Crippen molar-refractivity contribution >= 4 is 31.9 Å². The molecular weight excluding hydrogens is 408 g/mol. The van der Waals surface area contributed by atoms with E-state index in [0.717, 1.165) is 16.1 Å². The van der Waals surface area contributed by atoms with Crippen molar-refractivity contribution in [3.63, 3.8) is 0 Å². The zero-order valence-electron chi connectivity index (χ0n) is 11.2. The second-order valence-corrected chi connectivity index (χ2v) is 6.57. The van der Waals surface area contributed by atoms with E-state index in [0.29, 0.717) is 16.6 Å². The predicted molar refractivity (Wildman–Crippen MR) is 85.6 cm³/mol. The van der Waals surface area contributed by atoms with Gasteiger partial charge in [-0.3, -0.25) is 0 Å². The zero-order valence-corrected chi connectivity index (χ0v) is 14.3. The smallest absolute Gasteiger partial charge is 0.201 e. The maximum atomic E-state index is 13.8. The van der Waals surface area contributed by atoms with Crippen molar-refractivity contribution in [1.82, 2.24) is 0 Å². The summed E-state index contributed by atoms with van der Waals surface area (Å²) in [7, 11) is 0. The molecule has 1 unspecified atom stereocenters. The molecular formula is C15H13Br2F2NO. The van der Waals surface area contributed by atoms with E-state index >= 15 is 0 Å². The van der Waals surface area contributed by atoms with Gasteiger partial charge in [0.15, 0.2) is 11.6 Å². The number of benzene rings is 2. The highest BCUT2D eigenvalue weighted by Crippen LogP contribution is 2.33. The third-order valence-corrected chi connectivity index (χ3v) is 3.70. The van der Waals surface area contributed by atoms with Gasteiger partial charge in [-0.25, -0.2) is 4.39 Å². The first-order valence-electron chi connectivity index (χ1n) is 6.23. The van der Waals surface area contributed by atoms with Gasteiger partial charge < -0.3 is 10.5 Å². The summed E-state index contributed by atoms with van der Waals surface area (Å²) in [6.45, 7) is 1.87. The molecule has 0 aromatic heterocycles. The van der Waals surface area contributed by atoms with Gasteiger partial charge in [0.25, 0.3) is 0 Å². The standard InChI is InChI=1S/C15H13Br2F2NO/c1-8(20)4-9-2-3-10(16)6-13(9)21-14-7-11(17)5-12(18)15(14)19/h2-3,5-8H,4,20H2,1H3. The van der Waals surface area contributed by atoms with Crippen LogP contribution in [0.25, 0.3) is 0 Å². The minimum absolute atomic E-state index is 0.0716. The second-order valence-electron chi connectivity index (χ2n) is 4.74. The zero-order chi connectivity index (χ0) is 15.6. The van der Waals surface area contributed by atoms with Crippen molar-refractivity contribution < 1.29 is 13.5 Å². The summed E-state index contributed by atoms with van der Waals surface area (Å²) in [4.78, 5) is 0. The molecule has 0 aliphatic rings. The first-order chi connectivity index (χ1) is 9.86. The van der Waals surface area contributed by atoms with Gasteiger partial charge in [0.1, 0.15) is 5.75 Å². The van der Waals surface area contributed by atoms with E-state index in [9.17, 15) is 8.78 Å². The number of rotatable bonds is 4. The Hall–Kier alpha value is -0.980. The van der Waals surface area contributed by atoms with Gasteiger partial charge in [-0.15, -0.1) is 0 Å². The van der Waals surface area contributed by atoms with Crippen LogP contribution in [0.4, 0.5) is 8.78 Å². The van der Waals surface area contributed by atoms with Crippen molar-refractivity contribution in [3.05, 3.63) is 56.5 Å². The maximum absolute atomic E-state index is 13.8. The Labute approximate surface area is 138 Å². The molecule has 0 fully saturated rings. The SMILES string of the molecule is CC(N)Cc1ccc(Br)cc1Oc1cc(Br)cc(F)c1F. The highest BCUT2D eigenvalue weighted by Gasteiger charge is 2.15. The molecule has 2 N–H and O–H groups in total. The lowest BCUT2D eigenvalue weighted by molar-refractivity contribution is 0.411. The number of hydrogen-bond acceptors (Lipinski definition) is 2. The lowest BCUT2D eigenvalue weighted by atomic mass is 10.1. The van der Waals surface area contributed by atoms with Gasteiger partial charge in [0, 0.05) is 15.0 Å². The number of hydrogen-bond donors (Lipinski definition) is 1. The van der Waals surface area contributed by atoms with E-state index in [4.69, 9.17) is 10.5 Å². The molecule has 6 heteroatoms. The molecule has 21 heavy (non-hydrogen) atoms. The number of halogens is 4. The predicted octanol–water partition coefficient (Wildman–Crippen LogP) is 5.17. The summed E-state index contributed by atoms with van der Waals surface area (Å²) < 4.78 is 34.0. The molecule has 0 amide bonds. The van der Waals surface area contributed by atoms with Crippen LogP contribution >= 0.6 is 31.9 Å². The van der Waals surface area contributed by atoms with Gasteiger partial charge in [0.05, 0.1) is 0 Å². The van der Waals surface area contributed by atoms with Gasteiger partial charge in [0.2, 0.25) is 5.82 Å². The van der Waals surface area contributed by atoms with Crippen LogP contribution in [0, 0.1) is 11.6 Å². The van der Waals surface area contributed by atoms with Gasteiger partial charge in [-0.1, -0.05) is 37.9 Å². The molecule has 0 spiro atoms. The highest BCUT2D eigenvalue weighted by molar-refractivity contribution is 9.10. The van der Waals surface area contributed by atoms with Crippen LogP contribution in [0.15, 0.2) is 39.3 Å². The van der Waals surface area contributed by atoms with Crippen molar-refractivity contribution in [2.75, 3.05) is 0 Å². The fraction of sp³-hybridized carbons (Fsp3) is 0.200. The summed E-state index contributed by atoms with van der Waals surface area (Å²) in [6.07, 6.45) is 0.570. The van der Waals surface area contributed by atoms with Crippen molar-refractivity contribution in [3.8, 4) is 11.5 Å². The van der Waals surface area contributed by atoms with E-state index in [1.54, 1.807) is 6.07 Å². The maximum Gasteiger partial charge on any atom is 0.201 e. The molecule has 0 aliphatic carbocycles. The fourth-order valence-electron chi connectivity index (χ4n) is 1.86. The molecule has 0 aliphatic heterocycles. The van der Waals surface area contributed by atoms with E-state index in [-0.39, 0.29) is 11.8 Å². The molecule has 1 atom stereocenters. The van der Waals surface area contributed by atoms with Gasteiger partial charge in [-0.2, -0.15) is 4.39 Å². The highest BCUT2D eigenvalue weighted by atomic mass is 79.9. The molecule has 2 nitrogen and oxygen atoms in total. The summed E-state index contributed by atoms with van der Waals surface area (Å²) in [5.41, 5.74) is 6.62. The molecule has 0 heterocycles. The van der Waals surface area contributed by atoms with Crippen LogP contribution in [0.1, 0.15) is 12.5 Å². The first-order valence-corrected chi connectivity index (χ1v) is 7.82. The molecule has 0 radical (unpaired) electrons. The Balaban J connectivity index is 2.41. The molecule has 112 valence electrons. The lowest BCUT2D eigenvalue weighted by Gasteiger charge is -2.14. The van der Waals surface area contributed by atoms with E-state index in [2.05, 4.69) is 31.9 Å². The molecule has 0 saturated carbocycles.